The second-order valence-corrected chi connectivity index (χ2v) is 16.6. The third-order valence-electron chi connectivity index (χ3n) is 9.90. The van der Waals surface area contributed by atoms with Crippen molar-refractivity contribution < 1.29 is 28.0 Å². The summed E-state index contributed by atoms with van der Waals surface area (Å²) in [6.07, 6.45) is 46.3. The van der Waals surface area contributed by atoms with Gasteiger partial charge in [0.05, 0.1) is 17.9 Å². The highest BCUT2D eigenvalue weighted by Gasteiger charge is 2.27. The van der Waals surface area contributed by atoms with Gasteiger partial charge in [-0.2, -0.15) is 8.42 Å². The van der Waals surface area contributed by atoms with Crippen LogP contribution >= 0.6 is 0 Å². The van der Waals surface area contributed by atoms with E-state index in [1.165, 1.54) is 141 Å². The molecule has 0 radical (unpaired) electrons. The van der Waals surface area contributed by atoms with Crippen molar-refractivity contribution in [2.75, 3.05) is 5.75 Å². The molecule has 4 N–H and O–H groups in total. The van der Waals surface area contributed by atoms with E-state index in [1.54, 1.807) is 6.08 Å². The van der Waals surface area contributed by atoms with Crippen molar-refractivity contribution in [1.82, 2.24) is 5.32 Å². The van der Waals surface area contributed by atoms with Crippen LogP contribution in [-0.4, -0.2) is 53.1 Å². The van der Waals surface area contributed by atoms with Crippen molar-refractivity contribution in [3.63, 3.8) is 0 Å². The van der Waals surface area contributed by atoms with Gasteiger partial charge >= 0.3 is 0 Å². The van der Waals surface area contributed by atoms with Gasteiger partial charge in [-0.25, -0.2) is 0 Å². The Balaban J connectivity index is 4.06. The van der Waals surface area contributed by atoms with Crippen molar-refractivity contribution >= 4 is 16.0 Å². The van der Waals surface area contributed by atoms with Gasteiger partial charge in [0.25, 0.3) is 10.1 Å². The van der Waals surface area contributed by atoms with Gasteiger partial charge in [-0.1, -0.05) is 192 Å². The normalized spacial score (nSPS) is 14.2. The van der Waals surface area contributed by atoms with Crippen LogP contribution in [0.1, 0.15) is 213 Å². The molecule has 0 saturated carbocycles. The van der Waals surface area contributed by atoms with Crippen molar-refractivity contribution in [1.29, 1.82) is 0 Å². The van der Waals surface area contributed by atoms with Crippen LogP contribution in [0.2, 0.25) is 0 Å². The summed E-state index contributed by atoms with van der Waals surface area (Å²) in [6.45, 7) is 4.51. The fraction of sp³-hybridized carbons (Fsp3) is 0.841. The predicted octanol–water partition coefficient (Wildman–Crippen LogP) is 11.9. The summed E-state index contributed by atoms with van der Waals surface area (Å²) in [5.74, 6) is -1.57. The highest BCUT2D eigenvalue weighted by atomic mass is 32.2. The van der Waals surface area contributed by atoms with E-state index in [1.807, 2.05) is 0 Å². The number of allylic oxidation sites excluding steroid dienone is 5. The molecule has 7 nitrogen and oxygen atoms in total. The Kier molecular flexibility index (Phi) is 36.7. The Morgan fingerprint density at radius 3 is 1.27 bits per heavy atom. The zero-order valence-corrected chi connectivity index (χ0v) is 34.6. The average Bonchev–Trinajstić information content (AvgIpc) is 3.11. The Bertz CT molecular complexity index is 979. The largest absolute Gasteiger partial charge is 0.387 e. The number of amides is 1. The summed E-state index contributed by atoms with van der Waals surface area (Å²) < 4.78 is 32.5. The molecule has 0 bridgehead atoms. The monoisotopic (exact) mass is 754 g/mol. The molecule has 0 aliphatic carbocycles. The second kappa shape index (κ2) is 37.8. The van der Waals surface area contributed by atoms with Crippen molar-refractivity contribution in [3.8, 4) is 0 Å². The lowest BCUT2D eigenvalue weighted by molar-refractivity contribution is -0.130. The number of carbonyl (C=O) groups excluding carboxylic acids is 1. The van der Waals surface area contributed by atoms with Gasteiger partial charge in [-0.3, -0.25) is 9.35 Å². The first kappa shape index (κ1) is 50.5. The van der Waals surface area contributed by atoms with Crippen LogP contribution in [0.3, 0.4) is 0 Å². The van der Waals surface area contributed by atoms with Gasteiger partial charge in [0.2, 0.25) is 5.91 Å². The minimum absolute atomic E-state index is 0.260. The van der Waals surface area contributed by atoms with Crippen LogP contribution in [0.25, 0.3) is 0 Å². The SMILES string of the molecule is CCCCCCCCC/C=C\CCCCCCC(O)C(=O)NC(CS(=O)(=O)O)C(O)/C=C/CC/C=C/CCCCCCCCCCCCCCCC. The van der Waals surface area contributed by atoms with Crippen molar-refractivity contribution in [3.05, 3.63) is 36.5 Å². The molecule has 0 rings (SSSR count). The van der Waals surface area contributed by atoms with Crippen molar-refractivity contribution in [2.45, 2.75) is 231 Å². The molecule has 306 valence electrons. The number of hydrogen-bond donors (Lipinski definition) is 4. The van der Waals surface area contributed by atoms with E-state index in [0.29, 0.717) is 12.8 Å². The minimum atomic E-state index is -4.45. The molecule has 0 aliphatic rings. The number of carbonyl (C=O) groups is 1. The molecule has 0 spiro atoms. The van der Waals surface area contributed by atoms with Crippen LogP contribution in [0.15, 0.2) is 36.5 Å². The van der Waals surface area contributed by atoms with Crippen LogP contribution in [0.4, 0.5) is 0 Å². The highest BCUT2D eigenvalue weighted by Crippen LogP contribution is 2.14. The third-order valence-corrected chi connectivity index (χ3v) is 10.7. The first-order chi connectivity index (χ1) is 25.2. The summed E-state index contributed by atoms with van der Waals surface area (Å²) in [4.78, 5) is 12.6. The average molecular weight is 754 g/mol. The van der Waals surface area contributed by atoms with Gasteiger partial charge in [0.1, 0.15) is 6.10 Å². The summed E-state index contributed by atoms with van der Waals surface area (Å²) in [5, 5.41) is 23.4. The molecular weight excluding hydrogens is 671 g/mol. The number of nitrogens with one attached hydrogen (secondary N) is 1. The van der Waals surface area contributed by atoms with Gasteiger partial charge in [0.15, 0.2) is 0 Å². The van der Waals surface area contributed by atoms with Gasteiger partial charge in [-0.05, 0) is 57.8 Å². The molecule has 0 aromatic rings. The smallest absolute Gasteiger partial charge is 0.267 e. The quantitative estimate of drug-likeness (QED) is 0.0281. The van der Waals surface area contributed by atoms with Crippen LogP contribution in [0.5, 0.6) is 0 Å². The Hall–Kier alpha value is -1.48. The third kappa shape index (κ3) is 36.9. The standard InChI is InChI=1S/C44H83NO6S/c1-3-5-7-9-11-13-15-17-19-20-21-22-23-25-26-28-30-32-34-36-38-42(46)41(40-52(49,50)51)45-44(48)43(47)39-37-35-33-31-29-27-24-18-16-14-12-10-8-6-4-2/h24,27-28,30,36,38,41-43,46-47H,3-23,25-26,29,31-35,37,39-40H2,1-2H3,(H,45,48)(H,49,50,51)/b27-24-,30-28+,38-36+. The number of aliphatic hydroxyl groups excluding tert-OH is 2. The second-order valence-electron chi connectivity index (χ2n) is 15.1. The molecule has 0 aromatic heterocycles. The van der Waals surface area contributed by atoms with Gasteiger partial charge in [0, 0.05) is 0 Å². The molecule has 0 aromatic carbocycles. The Morgan fingerprint density at radius 1 is 0.519 bits per heavy atom. The fourth-order valence-corrected chi connectivity index (χ4v) is 7.26. The first-order valence-corrected chi connectivity index (χ1v) is 23.4. The van der Waals surface area contributed by atoms with E-state index in [4.69, 9.17) is 0 Å². The molecule has 52 heavy (non-hydrogen) atoms. The van der Waals surface area contributed by atoms with Gasteiger partial charge in [-0.15, -0.1) is 0 Å². The van der Waals surface area contributed by atoms with E-state index >= 15 is 0 Å². The minimum Gasteiger partial charge on any atom is -0.387 e. The van der Waals surface area contributed by atoms with E-state index in [-0.39, 0.29) is 6.42 Å². The molecule has 0 heterocycles. The topological polar surface area (TPSA) is 124 Å². The summed E-state index contributed by atoms with van der Waals surface area (Å²) in [7, 11) is -4.45. The maximum atomic E-state index is 12.6. The Morgan fingerprint density at radius 2 is 0.865 bits per heavy atom. The number of rotatable bonds is 39. The maximum Gasteiger partial charge on any atom is 0.267 e. The predicted molar refractivity (Wildman–Crippen MR) is 222 cm³/mol. The summed E-state index contributed by atoms with van der Waals surface area (Å²) >= 11 is 0. The van der Waals surface area contributed by atoms with E-state index in [0.717, 1.165) is 44.9 Å². The number of hydrogen-bond acceptors (Lipinski definition) is 5. The molecule has 1 amide bonds. The van der Waals surface area contributed by atoms with Gasteiger partial charge < -0.3 is 15.5 Å². The zero-order valence-electron chi connectivity index (χ0n) is 33.8. The lowest BCUT2D eigenvalue weighted by atomic mass is 10.0. The first-order valence-electron chi connectivity index (χ1n) is 21.8. The molecule has 8 heteroatoms. The molecular formula is C44H83NO6S. The summed E-state index contributed by atoms with van der Waals surface area (Å²) in [5.41, 5.74) is 0. The van der Waals surface area contributed by atoms with Crippen LogP contribution < -0.4 is 5.32 Å². The van der Waals surface area contributed by atoms with E-state index in [2.05, 4.69) is 43.5 Å². The molecule has 3 atom stereocenters. The molecule has 0 saturated heterocycles. The van der Waals surface area contributed by atoms with Crippen molar-refractivity contribution in [2.24, 2.45) is 0 Å². The Labute approximate surface area is 321 Å². The zero-order chi connectivity index (χ0) is 38.4. The molecule has 0 aliphatic heterocycles. The summed E-state index contributed by atoms with van der Waals surface area (Å²) in [6, 6.07) is -1.25. The maximum absolute atomic E-state index is 12.6. The number of aliphatic hydroxyl groups is 2. The number of unbranched alkanes of at least 4 members (excludes halogenated alkanes) is 26. The lowest BCUT2D eigenvalue weighted by Crippen LogP contribution is -2.50. The van der Waals surface area contributed by atoms with Crippen LogP contribution in [-0.2, 0) is 14.9 Å². The molecule has 3 unspecified atom stereocenters. The fourth-order valence-electron chi connectivity index (χ4n) is 6.53. The van der Waals surface area contributed by atoms with Crippen LogP contribution in [0, 0.1) is 0 Å². The van der Waals surface area contributed by atoms with E-state index < -0.39 is 40.0 Å². The van der Waals surface area contributed by atoms with E-state index in [9.17, 15) is 28.0 Å². The lowest BCUT2D eigenvalue weighted by Gasteiger charge is -2.22. The highest BCUT2D eigenvalue weighted by molar-refractivity contribution is 7.85. The molecule has 0 fully saturated rings.